The monoisotopic (exact) mass is 579 g/mol. The highest BCUT2D eigenvalue weighted by molar-refractivity contribution is 5.79. The van der Waals surface area contributed by atoms with Crippen LogP contribution in [-0.2, 0) is 11.3 Å². The number of halogens is 3. The first-order valence-electron chi connectivity index (χ1n) is 14.7. The van der Waals surface area contributed by atoms with E-state index in [-0.39, 0.29) is 11.7 Å². The summed E-state index contributed by atoms with van der Waals surface area (Å²) < 4.78 is 43.2. The molecule has 2 N–H and O–H groups in total. The molecule has 3 aliphatic heterocycles. The molecule has 1 atom stereocenters. The number of carbonyl (C=O) groups is 1. The third-order valence-electron chi connectivity index (χ3n) is 8.65. The van der Waals surface area contributed by atoms with Gasteiger partial charge in [-0.05, 0) is 68.6 Å². The topological polar surface area (TPSA) is 83.0 Å². The smallest absolute Gasteiger partial charge is 0.342 e. The molecule has 2 aromatic heterocycles. The number of aromatic nitrogens is 3. The predicted octanol–water partition coefficient (Wildman–Crippen LogP) is 5.12. The van der Waals surface area contributed by atoms with Crippen LogP contribution in [0.1, 0.15) is 44.1 Å². The number of benzene rings is 1. The van der Waals surface area contributed by atoms with Crippen LogP contribution in [0.3, 0.4) is 0 Å². The van der Waals surface area contributed by atoms with E-state index < -0.39 is 11.8 Å². The Hall–Kier alpha value is -3.70. The van der Waals surface area contributed by atoms with Gasteiger partial charge in [-0.25, -0.2) is 9.50 Å². The summed E-state index contributed by atoms with van der Waals surface area (Å²) in [5.41, 5.74) is 6.29. The van der Waals surface area contributed by atoms with Crippen molar-refractivity contribution < 1.29 is 18.0 Å². The Morgan fingerprint density at radius 1 is 0.952 bits per heavy atom. The number of anilines is 1. The van der Waals surface area contributed by atoms with Gasteiger partial charge in [0.2, 0.25) is 11.6 Å². The number of allylic oxidation sites excluding steroid dienone is 2. The first kappa shape index (κ1) is 28.4. The summed E-state index contributed by atoms with van der Waals surface area (Å²) in [7, 11) is 0. The van der Waals surface area contributed by atoms with E-state index in [9.17, 15) is 18.0 Å². The summed E-state index contributed by atoms with van der Waals surface area (Å²) in [5, 5.41) is 4.50. The Morgan fingerprint density at radius 2 is 1.67 bits per heavy atom. The standard InChI is InChI=1S/C31H36F3N7O/c32-31(33,34)30(35)15-3-6-18-40(30)28-12-11-27-36-21-26(41(27)37-28)24-9-7-23(8-10-24)22-38-19-13-25(14-20-38)29(42)39-16-4-1-2-5-17-39/h3,6-12,15,18,21,25H,1-2,4-5,13-14,16-17,19-20,22,35H2. The van der Waals surface area contributed by atoms with Crippen LogP contribution in [-0.4, -0.2) is 68.3 Å². The molecule has 3 aliphatic rings. The number of hydrogen-bond acceptors (Lipinski definition) is 6. The number of nitrogens with zero attached hydrogens (tertiary/aromatic N) is 6. The van der Waals surface area contributed by atoms with Crippen molar-refractivity contribution in [3.05, 3.63) is 72.6 Å². The molecule has 0 saturated carbocycles. The van der Waals surface area contributed by atoms with E-state index in [1.54, 1.807) is 16.8 Å². The number of imidazole rings is 1. The van der Waals surface area contributed by atoms with Crippen LogP contribution in [0.15, 0.2) is 67.0 Å². The number of piperidine rings is 1. The Balaban J connectivity index is 1.12. The van der Waals surface area contributed by atoms with Gasteiger partial charge in [0.15, 0.2) is 11.5 Å². The molecule has 3 aromatic rings. The van der Waals surface area contributed by atoms with E-state index in [2.05, 4.69) is 32.0 Å². The summed E-state index contributed by atoms with van der Waals surface area (Å²) >= 11 is 0. The fourth-order valence-electron chi connectivity index (χ4n) is 6.15. The predicted molar refractivity (Wildman–Crippen MR) is 155 cm³/mol. The van der Waals surface area contributed by atoms with Crippen molar-refractivity contribution in [3.63, 3.8) is 0 Å². The van der Waals surface area contributed by atoms with Gasteiger partial charge in [-0.3, -0.25) is 15.4 Å². The minimum Gasteiger partial charge on any atom is -0.342 e. The zero-order chi connectivity index (χ0) is 29.3. The summed E-state index contributed by atoms with van der Waals surface area (Å²) in [6.45, 7) is 4.40. The number of likely N-dealkylation sites (tertiary alicyclic amines) is 2. The van der Waals surface area contributed by atoms with E-state index in [1.807, 2.05) is 12.1 Å². The molecule has 0 spiro atoms. The van der Waals surface area contributed by atoms with Gasteiger partial charge in [0.05, 0.1) is 11.9 Å². The van der Waals surface area contributed by atoms with Gasteiger partial charge in [0, 0.05) is 37.3 Å². The van der Waals surface area contributed by atoms with Gasteiger partial charge in [0.1, 0.15) is 0 Å². The van der Waals surface area contributed by atoms with Gasteiger partial charge in [-0.15, -0.1) is 5.10 Å². The molecule has 0 bridgehead atoms. The van der Waals surface area contributed by atoms with E-state index in [0.29, 0.717) is 17.2 Å². The summed E-state index contributed by atoms with van der Waals surface area (Å²) in [6, 6.07) is 11.2. The molecule has 1 unspecified atom stereocenters. The highest BCUT2D eigenvalue weighted by atomic mass is 19.4. The molecule has 6 rings (SSSR count). The van der Waals surface area contributed by atoms with E-state index >= 15 is 0 Å². The number of carbonyl (C=O) groups excluding carboxylic acids is 1. The molecular weight excluding hydrogens is 543 g/mol. The van der Waals surface area contributed by atoms with Crippen LogP contribution >= 0.6 is 0 Å². The first-order valence-corrected chi connectivity index (χ1v) is 14.7. The molecule has 1 aromatic carbocycles. The van der Waals surface area contributed by atoms with Gasteiger partial charge >= 0.3 is 6.18 Å². The van der Waals surface area contributed by atoms with Crippen molar-refractivity contribution in [1.82, 2.24) is 24.4 Å². The minimum atomic E-state index is -4.71. The molecule has 2 saturated heterocycles. The third-order valence-corrected chi connectivity index (χ3v) is 8.65. The molecule has 8 nitrogen and oxygen atoms in total. The van der Waals surface area contributed by atoms with Crippen molar-refractivity contribution >= 4 is 17.4 Å². The highest BCUT2D eigenvalue weighted by Gasteiger charge is 2.55. The van der Waals surface area contributed by atoms with Crippen molar-refractivity contribution in [2.24, 2.45) is 11.7 Å². The second-order valence-electron chi connectivity index (χ2n) is 11.5. The number of hydrogen-bond donors (Lipinski definition) is 1. The average molecular weight is 580 g/mol. The molecule has 1 amide bonds. The molecule has 2 fully saturated rings. The lowest BCUT2D eigenvalue weighted by atomic mass is 9.94. The lowest BCUT2D eigenvalue weighted by Crippen LogP contribution is -2.63. The molecule has 222 valence electrons. The normalized spacial score (nSPS) is 22.6. The lowest BCUT2D eigenvalue weighted by molar-refractivity contribution is -0.170. The van der Waals surface area contributed by atoms with Crippen molar-refractivity contribution in [2.45, 2.75) is 56.9 Å². The van der Waals surface area contributed by atoms with Gasteiger partial charge in [-0.2, -0.15) is 13.2 Å². The Morgan fingerprint density at radius 3 is 2.36 bits per heavy atom. The highest BCUT2D eigenvalue weighted by Crippen LogP contribution is 2.37. The number of rotatable bonds is 5. The molecule has 0 aliphatic carbocycles. The number of fused-ring (bicyclic) bond motifs is 1. The van der Waals surface area contributed by atoms with E-state index in [1.165, 1.54) is 37.3 Å². The molecule has 11 heteroatoms. The summed E-state index contributed by atoms with van der Waals surface area (Å²) in [4.78, 5) is 22.8. The maximum Gasteiger partial charge on any atom is 0.429 e. The molecular formula is C31H36F3N7O. The van der Waals surface area contributed by atoms with Crippen LogP contribution in [0, 0.1) is 5.92 Å². The fourth-order valence-corrected chi connectivity index (χ4v) is 6.15. The Kier molecular flexibility index (Phi) is 7.80. The van der Waals surface area contributed by atoms with Gasteiger partial charge in [-0.1, -0.05) is 43.2 Å². The zero-order valence-corrected chi connectivity index (χ0v) is 23.5. The maximum atomic E-state index is 13.9. The largest absolute Gasteiger partial charge is 0.429 e. The number of nitrogens with two attached hydrogens (primary N) is 1. The second-order valence-corrected chi connectivity index (χ2v) is 11.5. The van der Waals surface area contributed by atoms with Crippen LogP contribution in [0.25, 0.3) is 16.9 Å². The van der Waals surface area contributed by atoms with Crippen molar-refractivity contribution in [3.8, 4) is 11.3 Å². The van der Waals surface area contributed by atoms with Crippen molar-refractivity contribution in [1.29, 1.82) is 0 Å². The average Bonchev–Trinajstić information content (AvgIpc) is 3.21. The van der Waals surface area contributed by atoms with Crippen LogP contribution in [0.5, 0.6) is 0 Å². The van der Waals surface area contributed by atoms with E-state index in [4.69, 9.17) is 5.73 Å². The summed E-state index contributed by atoms with van der Waals surface area (Å²) in [6.07, 6.45) is 8.39. The Bertz CT molecular complexity index is 1470. The van der Waals surface area contributed by atoms with Gasteiger partial charge < -0.3 is 9.80 Å². The number of amides is 1. The van der Waals surface area contributed by atoms with Crippen LogP contribution in [0.2, 0.25) is 0 Å². The van der Waals surface area contributed by atoms with Crippen LogP contribution in [0.4, 0.5) is 19.0 Å². The lowest BCUT2D eigenvalue weighted by Gasteiger charge is -2.39. The minimum absolute atomic E-state index is 0.0523. The SMILES string of the molecule is NC1(C(F)(F)F)C=CC=CN1c1ccc2ncc(-c3ccc(CN4CCC(C(=O)N5CCCCCC5)CC4)cc3)n2n1. The molecule has 5 heterocycles. The second kappa shape index (κ2) is 11.5. The van der Waals surface area contributed by atoms with Crippen molar-refractivity contribution in [2.75, 3.05) is 31.1 Å². The summed E-state index contributed by atoms with van der Waals surface area (Å²) in [5.74, 6) is 0.525. The molecule has 42 heavy (non-hydrogen) atoms. The maximum absolute atomic E-state index is 13.9. The zero-order valence-electron chi connectivity index (χ0n) is 23.5. The van der Waals surface area contributed by atoms with Crippen LogP contribution < -0.4 is 10.6 Å². The number of alkyl halides is 3. The van der Waals surface area contributed by atoms with E-state index in [0.717, 1.165) is 80.5 Å². The fraction of sp³-hybridized carbons (Fsp3) is 0.452. The molecule has 0 radical (unpaired) electrons. The first-order chi connectivity index (χ1) is 20.2. The quantitative estimate of drug-likeness (QED) is 0.452. The van der Waals surface area contributed by atoms with Gasteiger partial charge in [0.25, 0.3) is 0 Å². The Labute approximate surface area is 243 Å². The third kappa shape index (κ3) is 5.55.